The molecule has 228 valence electrons. The Kier molecular flexibility index (Phi) is 11.7. The lowest BCUT2D eigenvalue weighted by Gasteiger charge is -2.32. The molecule has 2 N–H and O–H groups in total. The van der Waals surface area contributed by atoms with Crippen LogP contribution in [-0.2, 0) is 37.5 Å². The minimum absolute atomic E-state index is 0.0997. The number of ether oxygens (including phenoxy) is 1. The van der Waals surface area contributed by atoms with Gasteiger partial charge in [0, 0.05) is 35.6 Å². The summed E-state index contributed by atoms with van der Waals surface area (Å²) in [6.07, 6.45) is 1.77. The van der Waals surface area contributed by atoms with Gasteiger partial charge >= 0.3 is 5.97 Å². The van der Waals surface area contributed by atoms with Gasteiger partial charge in [0.05, 0.1) is 11.5 Å². The third-order valence-corrected chi connectivity index (χ3v) is 9.38. The fourth-order valence-electron chi connectivity index (χ4n) is 4.75. The highest BCUT2D eigenvalue weighted by Crippen LogP contribution is 2.33. The summed E-state index contributed by atoms with van der Waals surface area (Å²) in [5, 5.41) is 9.98. The molecule has 0 aliphatic rings. The van der Waals surface area contributed by atoms with E-state index < -0.39 is 22.0 Å². The number of carbonyl (C=O) groups is 2. The Hall–Kier alpha value is -3.28. The van der Waals surface area contributed by atoms with E-state index in [1.165, 1.54) is 16.4 Å². The minimum Gasteiger partial charge on any atom is -0.480 e. The molecule has 0 aliphatic heterocycles. The summed E-state index contributed by atoms with van der Waals surface area (Å²) in [5.41, 5.74) is 3.41. The molecule has 1 aromatic heterocycles. The van der Waals surface area contributed by atoms with Crippen LogP contribution in [0.2, 0.25) is 0 Å². The lowest BCUT2D eigenvalue weighted by Crippen LogP contribution is -2.47. The van der Waals surface area contributed by atoms with E-state index in [-0.39, 0.29) is 36.3 Å². The normalized spacial score (nSPS) is 12.4. The number of benzene rings is 2. The van der Waals surface area contributed by atoms with Gasteiger partial charge in [-0.2, -0.15) is 4.37 Å². The summed E-state index contributed by atoms with van der Waals surface area (Å²) in [4.78, 5) is 27.9. The van der Waals surface area contributed by atoms with Crippen molar-refractivity contribution >= 4 is 39.3 Å². The minimum atomic E-state index is -3.98. The maximum absolute atomic E-state index is 13.6. The molecule has 0 radical (unpaired) electrons. The van der Waals surface area contributed by atoms with Gasteiger partial charge in [0.1, 0.15) is 6.04 Å². The molecule has 0 saturated heterocycles. The third kappa shape index (κ3) is 7.96. The molecule has 0 fully saturated rings. The molecule has 3 rings (SSSR count). The standard InChI is InChI=1S/C31H41N3O6S2/c1-7-9-14-28(35)34(29(20(3)4)31(36)37)18-23-15-16-25(24(17-23)19-40-8-2)26-12-10-11-13-27(26)42(38,39)33-30-21(5)22(6)41-32-30/h10-13,15-17,20,29H,7-9,14,18-19H2,1-6H3,(H,32,33)(H,36,37)/t29-/m0/s1. The molecule has 0 bridgehead atoms. The van der Waals surface area contributed by atoms with Crippen LogP contribution in [0, 0.1) is 19.8 Å². The maximum Gasteiger partial charge on any atom is 0.326 e. The predicted octanol–water partition coefficient (Wildman–Crippen LogP) is 6.39. The number of amides is 1. The predicted molar refractivity (Wildman–Crippen MR) is 166 cm³/mol. The lowest BCUT2D eigenvalue weighted by molar-refractivity contribution is -0.153. The van der Waals surface area contributed by atoms with Crippen LogP contribution in [0.1, 0.15) is 68.5 Å². The summed E-state index contributed by atoms with van der Waals surface area (Å²) >= 11 is 1.24. The molecular weight excluding hydrogens is 574 g/mol. The number of nitrogens with one attached hydrogen (secondary N) is 1. The second-order valence-corrected chi connectivity index (χ2v) is 13.2. The number of carboxylic acid groups (broad SMARTS) is 1. The van der Waals surface area contributed by atoms with Gasteiger partial charge in [0.2, 0.25) is 5.91 Å². The fourth-order valence-corrected chi connectivity index (χ4v) is 6.74. The van der Waals surface area contributed by atoms with Crippen LogP contribution in [0.15, 0.2) is 47.4 Å². The van der Waals surface area contributed by atoms with E-state index in [0.717, 1.165) is 28.0 Å². The number of unbranched alkanes of at least 4 members (excludes halogenated alkanes) is 1. The van der Waals surface area contributed by atoms with Crippen molar-refractivity contribution in [1.29, 1.82) is 0 Å². The molecule has 9 nitrogen and oxygen atoms in total. The van der Waals surface area contributed by atoms with Gasteiger partial charge in [0.15, 0.2) is 5.82 Å². The van der Waals surface area contributed by atoms with Gasteiger partial charge < -0.3 is 14.7 Å². The van der Waals surface area contributed by atoms with Crippen molar-refractivity contribution in [3.8, 4) is 11.1 Å². The Balaban J connectivity index is 2.07. The molecule has 11 heteroatoms. The number of hydrogen-bond donors (Lipinski definition) is 2. The van der Waals surface area contributed by atoms with Crippen molar-refractivity contribution in [3.05, 3.63) is 64.0 Å². The van der Waals surface area contributed by atoms with Crippen molar-refractivity contribution in [1.82, 2.24) is 9.27 Å². The van der Waals surface area contributed by atoms with Crippen LogP contribution in [0.3, 0.4) is 0 Å². The number of aliphatic carboxylic acids is 1. The number of aromatic nitrogens is 1. The summed E-state index contributed by atoms with van der Waals surface area (Å²) in [6.45, 7) is 11.9. The molecule has 0 aliphatic carbocycles. The van der Waals surface area contributed by atoms with Gasteiger partial charge in [0.25, 0.3) is 10.0 Å². The highest BCUT2D eigenvalue weighted by molar-refractivity contribution is 7.92. The molecule has 0 unspecified atom stereocenters. The zero-order chi connectivity index (χ0) is 31.0. The fraction of sp³-hybridized carbons (Fsp3) is 0.452. The zero-order valence-electron chi connectivity index (χ0n) is 25.1. The molecule has 1 heterocycles. The first-order chi connectivity index (χ1) is 19.9. The molecule has 42 heavy (non-hydrogen) atoms. The molecule has 2 aromatic carbocycles. The Morgan fingerprint density at radius 1 is 1.10 bits per heavy atom. The van der Waals surface area contributed by atoms with Crippen molar-refractivity contribution < 1.29 is 27.9 Å². The number of carboxylic acids is 1. The Labute approximate surface area is 253 Å². The van der Waals surface area contributed by atoms with Gasteiger partial charge in [-0.25, -0.2) is 13.2 Å². The molecule has 1 atom stereocenters. The topological polar surface area (TPSA) is 126 Å². The van der Waals surface area contributed by atoms with Crippen LogP contribution < -0.4 is 4.72 Å². The van der Waals surface area contributed by atoms with E-state index in [2.05, 4.69) is 9.10 Å². The van der Waals surface area contributed by atoms with Crippen LogP contribution in [0.25, 0.3) is 11.1 Å². The van der Waals surface area contributed by atoms with Crippen LogP contribution in [0.4, 0.5) is 5.82 Å². The Bertz CT molecular complexity index is 1500. The van der Waals surface area contributed by atoms with Crippen LogP contribution in [-0.4, -0.2) is 47.3 Å². The van der Waals surface area contributed by atoms with Crippen molar-refractivity contribution in [2.45, 2.75) is 84.9 Å². The first kappa shape index (κ1) is 33.2. The number of hydrogen-bond acceptors (Lipinski definition) is 7. The first-order valence-corrected chi connectivity index (χ1v) is 16.4. The summed E-state index contributed by atoms with van der Waals surface area (Å²) in [5.74, 6) is -1.23. The largest absolute Gasteiger partial charge is 0.480 e. The van der Waals surface area contributed by atoms with Crippen molar-refractivity contribution in [3.63, 3.8) is 0 Å². The average Bonchev–Trinajstić information content (AvgIpc) is 3.25. The van der Waals surface area contributed by atoms with E-state index in [1.807, 2.05) is 45.9 Å². The van der Waals surface area contributed by atoms with Crippen LogP contribution >= 0.6 is 11.5 Å². The van der Waals surface area contributed by atoms with Crippen molar-refractivity contribution in [2.24, 2.45) is 5.92 Å². The third-order valence-electron chi connectivity index (χ3n) is 7.12. The first-order valence-electron chi connectivity index (χ1n) is 14.2. The van der Waals surface area contributed by atoms with E-state index in [4.69, 9.17) is 4.74 Å². The molecule has 1 amide bonds. The van der Waals surface area contributed by atoms with Crippen LogP contribution in [0.5, 0.6) is 0 Å². The number of sulfonamides is 1. The molecule has 3 aromatic rings. The molecular formula is C31H41N3O6S2. The Morgan fingerprint density at radius 3 is 2.40 bits per heavy atom. The summed E-state index contributed by atoms with van der Waals surface area (Å²) in [6, 6.07) is 11.3. The van der Waals surface area contributed by atoms with E-state index in [1.54, 1.807) is 38.1 Å². The van der Waals surface area contributed by atoms with E-state index >= 15 is 0 Å². The second-order valence-electron chi connectivity index (χ2n) is 10.6. The zero-order valence-corrected chi connectivity index (χ0v) is 26.8. The maximum atomic E-state index is 13.6. The number of carbonyl (C=O) groups excluding carboxylic acids is 1. The second kappa shape index (κ2) is 14.8. The SMILES string of the molecule is CCCCC(=O)N(Cc1ccc(-c2ccccc2S(=O)(=O)Nc2nsc(C)c2C)c(COCC)c1)[C@H](C(=O)O)C(C)C. The quantitative estimate of drug-likeness (QED) is 0.203. The highest BCUT2D eigenvalue weighted by Gasteiger charge is 2.32. The monoisotopic (exact) mass is 615 g/mol. The van der Waals surface area contributed by atoms with Gasteiger partial charge in [-0.1, -0.05) is 63.6 Å². The average molecular weight is 616 g/mol. The molecule has 0 saturated carbocycles. The molecule has 0 spiro atoms. The summed E-state index contributed by atoms with van der Waals surface area (Å²) in [7, 11) is -3.98. The lowest BCUT2D eigenvalue weighted by atomic mass is 9.96. The number of aryl methyl sites for hydroxylation is 1. The van der Waals surface area contributed by atoms with E-state index in [0.29, 0.717) is 30.0 Å². The number of nitrogens with zero attached hydrogens (tertiary/aromatic N) is 2. The van der Waals surface area contributed by atoms with Gasteiger partial charge in [-0.3, -0.25) is 9.52 Å². The highest BCUT2D eigenvalue weighted by atomic mass is 32.2. The smallest absolute Gasteiger partial charge is 0.326 e. The number of rotatable bonds is 15. The summed E-state index contributed by atoms with van der Waals surface area (Å²) < 4.78 is 39.8. The van der Waals surface area contributed by atoms with Crippen molar-refractivity contribution in [2.75, 3.05) is 11.3 Å². The van der Waals surface area contributed by atoms with E-state index in [9.17, 15) is 23.1 Å². The van der Waals surface area contributed by atoms with Gasteiger partial charge in [-0.15, -0.1) is 0 Å². The number of anilines is 1. The van der Waals surface area contributed by atoms with Gasteiger partial charge in [-0.05, 0) is 67.4 Å². The Morgan fingerprint density at radius 2 is 1.81 bits per heavy atom.